The lowest BCUT2D eigenvalue weighted by Crippen LogP contribution is -2.51. The average molecular weight is 461 g/mol. The molecule has 0 amide bonds. The van der Waals surface area contributed by atoms with Gasteiger partial charge in [-0.25, -0.2) is 4.98 Å². The van der Waals surface area contributed by atoms with Gasteiger partial charge in [0.05, 0.1) is 23.3 Å². The van der Waals surface area contributed by atoms with Crippen LogP contribution in [0.5, 0.6) is 5.75 Å². The molecule has 2 N–H and O–H groups in total. The van der Waals surface area contributed by atoms with Crippen molar-refractivity contribution in [3.05, 3.63) is 48.3 Å². The molecule has 168 valence electrons. The third kappa shape index (κ3) is 4.43. The van der Waals surface area contributed by atoms with Crippen LogP contribution in [0.3, 0.4) is 0 Å². The van der Waals surface area contributed by atoms with Gasteiger partial charge in [-0.05, 0) is 49.8 Å². The molecule has 1 fully saturated rings. The molecule has 5 nitrogen and oxygen atoms in total. The first-order chi connectivity index (χ1) is 15.2. The quantitative estimate of drug-likeness (QED) is 0.514. The summed E-state index contributed by atoms with van der Waals surface area (Å²) >= 11 is 1.40. The highest BCUT2D eigenvalue weighted by molar-refractivity contribution is 7.98. The highest BCUT2D eigenvalue weighted by Gasteiger charge is 2.46. The molecule has 0 unspecified atom stereocenters. The number of hydrogen-bond donors (Lipinski definition) is 1. The van der Waals surface area contributed by atoms with Gasteiger partial charge >= 0.3 is 6.18 Å². The zero-order valence-corrected chi connectivity index (χ0v) is 18.3. The maximum Gasteiger partial charge on any atom is 0.391 e. The first kappa shape index (κ1) is 22.5. The number of nitrogens with zero attached hydrogens (tertiary/aromatic N) is 3. The number of nitriles is 1. The molecule has 0 radical (unpaired) electrons. The Morgan fingerprint density at radius 3 is 2.91 bits per heavy atom. The van der Waals surface area contributed by atoms with Crippen molar-refractivity contribution in [2.24, 2.45) is 11.7 Å². The Kier molecular flexibility index (Phi) is 6.10. The van der Waals surface area contributed by atoms with Crippen LogP contribution in [-0.4, -0.2) is 34.0 Å². The van der Waals surface area contributed by atoms with Crippen LogP contribution in [0.4, 0.5) is 13.2 Å². The molecule has 4 rings (SSSR count). The molecular weight excluding hydrogens is 437 g/mol. The summed E-state index contributed by atoms with van der Waals surface area (Å²) in [6.07, 6.45) is 1.98. The fraction of sp³-hybridized carbons (Fsp3) is 0.391. The highest BCUT2D eigenvalue weighted by atomic mass is 32.2. The largest absolute Gasteiger partial charge is 0.490 e. The van der Waals surface area contributed by atoms with Gasteiger partial charge in [0.15, 0.2) is 0 Å². The van der Waals surface area contributed by atoms with Crippen LogP contribution in [0.15, 0.2) is 47.6 Å². The van der Waals surface area contributed by atoms with Gasteiger partial charge in [-0.3, -0.25) is 4.40 Å². The minimum Gasteiger partial charge on any atom is -0.490 e. The summed E-state index contributed by atoms with van der Waals surface area (Å²) in [5, 5.41) is 9.73. The van der Waals surface area contributed by atoms with Gasteiger partial charge in [0.25, 0.3) is 0 Å². The topological polar surface area (TPSA) is 76.3 Å². The van der Waals surface area contributed by atoms with Gasteiger partial charge in [0.1, 0.15) is 29.6 Å². The first-order valence-electron chi connectivity index (χ1n) is 10.3. The Balaban J connectivity index is 1.66. The molecule has 32 heavy (non-hydrogen) atoms. The molecule has 0 bridgehead atoms. The molecule has 1 aliphatic rings. The number of fused-ring (bicyclic) bond motifs is 1. The van der Waals surface area contributed by atoms with Gasteiger partial charge in [-0.2, -0.15) is 18.4 Å². The number of pyridine rings is 1. The number of aromatic nitrogens is 2. The molecule has 1 saturated carbocycles. The van der Waals surface area contributed by atoms with Crippen LogP contribution >= 0.6 is 11.8 Å². The van der Waals surface area contributed by atoms with Crippen molar-refractivity contribution in [3.8, 4) is 23.1 Å². The number of alkyl halides is 3. The van der Waals surface area contributed by atoms with Gasteiger partial charge in [-0.1, -0.05) is 12.5 Å². The van der Waals surface area contributed by atoms with Crippen molar-refractivity contribution in [2.75, 3.05) is 12.9 Å². The van der Waals surface area contributed by atoms with E-state index in [0.29, 0.717) is 29.1 Å². The van der Waals surface area contributed by atoms with E-state index in [1.165, 1.54) is 11.8 Å². The molecule has 9 heteroatoms. The molecule has 0 aliphatic heterocycles. The van der Waals surface area contributed by atoms with Crippen molar-refractivity contribution in [3.63, 3.8) is 0 Å². The summed E-state index contributed by atoms with van der Waals surface area (Å²) in [6.45, 7) is -0.0846. The van der Waals surface area contributed by atoms with E-state index in [-0.39, 0.29) is 19.4 Å². The second-order valence-corrected chi connectivity index (χ2v) is 9.07. The van der Waals surface area contributed by atoms with Crippen LogP contribution in [0.2, 0.25) is 0 Å². The molecular formula is C23H23F3N4OS. The van der Waals surface area contributed by atoms with E-state index in [0.717, 1.165) is 16.9 Å². The summed E-state index contributed by atoms with van der Waals surface area (Å²) in [5.41, 5.74) is 7.99. The summed E-state index contributed by atoms with van der Waals surface area (Å²) < 4.78 is 47.7. The number of nitrogens with two attached hydrogens (primary N) is 1. The summed E-state index contributed by atoms with van der Waals surface area (Å²) in [7, 11) is 0. The van der Waals surface area contributed by atoms with Crippen molar-refractivity contribution < 1.29 is 17.9 Å². The second-order valence-electron chi connectivity index (χ2n) is 8.22. The minimum atomic E-state index is -4.27. The molecule has 3 aromatic rings. The van der Waals surface area contributed by atoms with Gasteiger partial charge in [0.2, 0.25) is 0 Å². The third-order valence-corrected chi connectivity index (χ3v) is 6.73. The van der Waals surface area contributed by atoms with Crippen LogP contribution in [-0.2, 0) is 0 Å². The molecule has 0 saturated heterocycles. The van der Waals surface area contributed by atoms with Crippen LogP contribution < -0.4 is 10.5 Å². The van der Waals surface area contributed by atoms with E-state index in [9.17, 15) is 18.4 Å². The molecule has 2 heterocycles. The highest BCUT2D eigenvalue weighted by Crippen LogP contribution is 2.42. The molecule has 0 spiro atoms. The normalized spacial score (nSPS) is 21.4. The molecule has 1 aliphatic carbocycles. The smallest absolute Gasteiger partial charge is 0.391 e. The SMILES string of the molecule is CSc1cc(-c2cnc3ccccn23)cc(OC[C@@]2(N)CCC[C@@H](C(F)(F)F)C2)c1C#N. The number of benzene rings is 1. The van der Waals surface area contributed by atoms with Crippen molar-refractivity contribution >= 4 is 17.4 Å². The Labute approximate surface area is 188 Å². The Hall–Kier alpha value is -2.70. The number of halogens is 3. The summed E-state index contributed by atoms with van der Waals surface area (Å²) in [5.74, 6) is -1.11. The number of hydrogen-bond acceptors (Lipinski definition) is 5. The summed E-state index contributed by atoms with van der Waals surface area (Å²) in [6, 6.07) is 11.5. The lowest BCUT2D eigenvalue weighted by Gasteiger charge is -2.38. The predicted octanol–water partition coefficient (Wildman–Crippen LogP) is 5.42. The zero-order valence-electron chi connectivity index (χ0n) is 17.5. The Morgan fingerprint density at radius 2 is 2.19 bits per heavy atom. The maximum atomic E-state index is 13.3. The minimum absolute atomic E-state index is 0.0846. The average Bonchev–Trinajstić information content (AvgIpc) is 3.20. The van der Waals surface area contributed by atoms with E-state index in [4.69, 9.17) is 10.5 Å². The number of ether oxygens (including phenoxy) is 1. The van der Waals surface area contributed by atoms with E-state index >= 15 is 0 Å². The molecule has 1 aromatic carbocycles. The van der Waals surface area contributed by atoms with E-state index in [1.54, 1.807) is 12.3 Å². The fourth-order valence-corrected chi connectivity index (χ4v) is 4.89. The number of imidazole rings is 1. The van der Waals surface area contributed by atoms with Crippen molar-refractivity contribution in [2.45, 2.75) is 42.3 Å². The van der Waals surface area contributed by atoms with E-state index in [1.807, 2.05) is 41.1 Å². The lowest BCUT2D eigenvalue weighted by atomic mass is 9.76. The molecule has 2 atom stereocenters. The maximum absolute atomic E-state index is 13.3. The fourth-order valence-electron chi connectivity index (χ4n) is 4.30. The second kappa shape index (κ2) is 8.68. The third-order valence-electron chi connectivity index (χ3n) is 5.97. The van der Waals surface area contributed by atoms with Crippen LogP contribution in [0.1, 0.15) is 31.2 Å². The Bertz CT molecular complexity index is 1170. The van der Waals surface area contributed by atoms with Gasteiger partial charge in [-0.15, -0.1) is 11.8 Å². The summed E-state index contributed by atoms with van der Waals surface area (Å²) in [4.78, 5) is 5.12. The zero-order chi connectivity index (χ0) is 22.9. The molecule has 2 aromatic heterocycles. The van der Waals surface area contributed by atoms with E-state index < -0.39 is 17.6 Å². The van der Waals surface area contributed by atoms with Crippen LogP contribution in [0, 0.1) is 17.2 Å². The first-order valence-corrected chi connectivity index (χ1v) is 11.5. The number of rotatable bonds is 5. The monoisotopic (exact) mass is 460 g/mol. The van der Waals surface area contributed by atoms with Crippen molar-refractivity contribution in [1.82, 2.24) is 9.38 Å². The predicted molar refractivity (Wildman–Crippen MR) is 118 cm³/mol. The van der Waals surface area contributed by atoms with Crippen molar-refractivity contribution in [1.29, 1.82) is 5.26 Å². The van der Waals surface area contributed by atoms with Crippen LogP contribution in [0.25, 0.3) is 16.9 Å². The van der Waals surface area contributed by atoms with E-state index in [2.05, 4.69) is 11.1 Å². The van der Waals surface area contributed by atoms with Gasteiger partial charge < -0.3 is 10.5 Å². The lowest BCUT2D eigenvalue weighted by molar-refractivity contribution is -0.188. The Morgan fingerprint density at radius 1 is 1.38 bits per heavy atom. The standard InChI is InChI=1S/C23H23F3N4OS/c1-32-20-10-15(18-13-29-21-6-2-3-8-30(18)21)9-19(17(20)12-27)31-14-22(28)7-4-5-16(11-22)23(24,25)26/h2-3,6,8-10,13,16H,4-5,7,11,14,28H2,1H3/t16-,22-/m1/s1. The van der Waals surface area contributed by atoms with Gasteiger partial charge in [0, 0.05) is 16.7 Å². The number of thioether (sulfide) groups is 1.